The fourth-order valence-electron chi connectivity index (χ4n) is 4.31. The standard InChI is InChI=1S/C23H25FN2O2/c1-16-6-11-21-18(14-16)4-3-13-26(21)23(28)19-5-2-12-25(15-19)22(27)17-7-9-20(24)10-8-17/h6-11,14,19H,2-5,12-13,15H2,1H3. The Hall–Kier alpha value is -2.69. The van der Waals surface area contributed by atoms with Crippen molar-refractivity contribution in [2.75, 3.05) is 24.5 Å². The zero-order valence-corrected chi connectivity index (χ0v) is 16.2. The zero-order chi connectivity index (χ0) is 19.7. The molecule has 2 aromatic rings. The van der Waals surface area contributed by atoms with Crippen LogP contribution in [0.2, 0.25) is 0 Å². The zero-order valence-electron chi connectivity index (χ0n) is 16.2. The number of nitrogens with zero attached hydrogens (tertiary/aromatic N) is 2. The van der Waals surface area contributed by atoms with E-state index in [1.165, 1.54) is 35.4 Å². The number of aryl methyl sites for hydroxylation is 2. The highest BCUT2D eigenvalue weighted by Crippen LogP contribution is 2.31. The molecule has 2 aromatic carbocycles. The van der Waals surface area contributed by atoms with Gasteiger partial charge in [-0.2, -0.15) is 0 Å². The first-order valence-electron chi connectivity index (χ1n) is 9.98. The summed E-state index contributed by atoms with van der Waals surface area (Å²) in [7, 11) is 0. The van der Waals surface area contributed by atoms with Crippen molar-refractivity contribution in [2.24, 2.45) is 5.92 Å². The van der Waals surface area contributed by atoms with Crippen LogP contribution in [0.4, 0.5) is 10.1 Å². The predicted molar refractivity (Wildman–Crippen MR) is 107 cm³/mol. The summed E-state index contributed by atoms with van der Waals surface area (Å²) in [5.41, 5.74) is 3.92. The lowest BCUT2D eigenvalue weighted by molar-refractivity contribution is -0.123. The van der Waals surface area contributed by atoms with Gasteiger partial charge < -0.3 is 9.80 Å². The molecule has 146 valence electrons. The SMILES string of the molecule is Cc1ccc2c(c1)CCCN2C(=O)C1CCCN(C(=O)c2ccc(F)cc2)C1. The van der Waals surface area contributed by atoms with Crippen LogP contribution in [0.5, 0.6) is 0 Å². The number of halogens is 1. The molecule has 0 radical (unpaired) electrons. The molecule has 2 amide bonds. The fourth-order valence-corrected chi connectivity index (χ4v) is 4.31. The topological polar surface area (TPSA) is 40.6 Å². The molecule has 5 heteroatoms. The van der Waals surface area contributed by atoms with Crippen molar-refractivity contribution >= 4 is 17.5 Å². The second-order valence-electron chi connectivity index (χ2n) is 7.82. The van der Waals surface area contributed by atoms with E-state index in [1.807, 2.05) is 11.0 Å². The minimum Gasteiger partial charge on any atom is -0.338 e. The van der Waals surface area contributed by atoms with E-state index < -0.39 is 0 Å². The van der Waals surface area contributed by atoms with Gasteiger partial charge in [0.2, 0.25) is 5.91 Å². The van der Waals surface area contributed by atoms with E-state index >= 15 is 0 Å². The van der Waals surface area contributed by atoms with Crippen molar-refractivity contribution in [3.63, 3.8) is 0 Å². The molecule has 0 N–H and O–H groups in total. The van der Waals surface area contributed by atoms with Gasteiger partial charge in [0.15, 0.2) is 0 Å². The monoisotopic (exact) mass is 380 g/mol. The first-order chi connectivity index (χ1) is 13.5. The van der Waals surface area contributed by atoms with Gasteiger partial charge in [0, 0.05) is 30.9 Å². The molecule has 0 bridgehead atoms. The molecule has 4 rings (SSSR count). The Morgan fingerprint density at radius 2 is 1.82 bits per heavy atom. The minimum absolute atomic E-state index is 0.112. The number of rotatable bonds is 2. The van der Waals surface area contributed by atoms with Crippen LogP contribution in [0.25, 0.3) is 0 Å². The van der Waals surface area contributed by atoms with Crippen molar-refractivity contribution < 1.29 is 14.0 Å². The van der Waals surface area contributed by atoms with Crippen molar-refractivity contribution in [1.82, 2.24) is 4.90 Å². The number of benzene rings is 2. The van der Waals surface area contributed by atoms with Crippen LogP contribution in [-0.4, -0.2) is 36.3 Å². The molecule has 1 fully saturated rings. The van der Waals surface area contributed by atoms with Crippen LogP contribution in [-0.2, 0) is 11.2 Å². The Morgan fingerprint density at radius 1 is 1.04 bits per heavy atom. The lowest BCUT2D eigenvalue weighted by Gasteiger charge is -2.37. The van der Waals surface area contributed by atoms with Crippen LogP contribution in [0.15, 0.2) is 42.5 Å². The quantitative estimate of drug-likeness (QED) is 0.791. The largest absolute Gasteiger partial charge is 0.338 e. The number of fused-ring (bicyclic) bond motifs is 1. The van der Waals surface area contributed by atoms with Gasteiger partial charge >= 0.3 is 0 Å². The molecule has 2 aliphatic rings. The molecule has 1 saturated heterocycles. The van der Waals surface area contributed by atoms with Crippen molar-refractivity contribution in [1.29, 1.82) is 0 Å². The number of piperidine rings is 1. The third kappa shape index (κ3) is 3.66. The maximum absolute atomic E-state index is 13.3. The number of carbonyl (C=O) groups excluding carboxylic acids is 2. The van der Waals surface area contributed by atoms with E-state index in [0.717, 1.165) is 37.9 Å². The number of carbonyl (C=O) groups is 2. The summed E-state index contributed by atoms with van der Waals surface area (Å²) in [4.78, 5) is 29.7. The van der Waals surface area contributed by atoms with E-state index in [9.17, 15) is 14.0 Å². The molecule has 0 aliphatic carbocycles. The van der Waals surface area contributed by atoms with Crippen LogP contribution in [0.3, 0.4) is 0 Å². The summed E-state index contributed by atoms with van der Waals surface area (Å²) >= 11 is 0. The minimum atomic E-state index is -0.359. The molecular weight excluding hydrogens is 355 g/mol. The predicted octanol–water partition coefficient (Wildman–Crippen LogP) is 3.97. The Balaban J connectivity index is 1.50. The van der Waals surface area contributed by atoms with E-state index in [1.54, 1.807) is 4.90 Å². The van der Waals surface area contributed by atoms with Gasteiger partial charge in [-0.1, -0.05) is 17.7 Å². The highest BCUT2D eigenvalue weighted by molar-refractivity contribution is 5.98. The Kier molecular flexibility index (Phi) is 5.16. The van der Waals surface area contributed by atoms with E-state index in [4.69, 9.17) is 0 Å². The van der Waals surface area contributed by atoms with Crippen LogP contribution >= 0.6 is 0 Å². The highest BCUT2D eigenvalue weighted by atomic mass is 19.1. The van der Waals surface area contributed by atoms with Crippen molar-refractivity contribution in [3.05, 3.63) is 65.0 Å². The Morgan fingerprint density at radius 3 is 2.61 bits per heavy atom. The van der Waals surface area contributed by atoms with Gasteiger partial charge in [0.1, 0.15) is 5.82 Å². The lowest BCUT2D eigenvalue weighted by Crippen LogP contribution is -2.48. The number of hydrogen-bond acceptors (Lipinski definition) is 2. The highest BCUT2D eigenvalue weighted by Gasteiger charge is 2.33. The van der Waals surface area contributed by atoms with Gasteiger partial charge in [-0.05, 0) is 68.5 Å². The van der Waals surface area contributed by atoms with Gasteiger partial charge in [-0.3, -0.25) is 9.59 Å². The maximum atomic E-state index is 13.3. The molecule has 2 aliphatic heterocycles. The number of amides is 2. The molecular formula is C23H25FN2O2. The molecule has 1 unspecified atom stereocenters. The molecule has 0 spiro atoms. The summed E-state index contributed by atoms with van der Waals surface area (Å²) in [6, 6.07) is 11.9. The molecule has 0 saturated carbocycles. The normalized spacial score (nSPS) is 19.3. The van der Waals surface area contributed by atoms with Crippen LogP contribution in [0.1, 0.15) is 40.7 Å². The summed E-state index contributed by atoms with van der Waals surface area (Å²) in [5.74, 6) is -0.568. The van der Waals surface area contributed by atoms with Crippen molar-refractivity contribution in [3.8, 4) is 0 Å². The molecule has 4 nitrogen and oxygen atoms in total. The Labute approximate surface area is 164 Å². The summed E-state index contributed by atoms with van der Waals surface area (Å²) in [5, 5.41) is 0. The number of anilines is 1. The molecule has 2 heterocycles. The first-order valence-corrected chi connectivity index (χ1v) is 9.98. The second kappa shape index (κ2) is 7.74. The third-order valence-electron chi connectivity index (χ3n) is 5.77. The molecule has 1 atom stereocenters. The average molecular weight is 380 g/mol. The Bertz CT molecular complexity index is 894. The molecule has 0 aromatic heterocycles. The second-order valence-corrected chi connectivity index (χ2v) is 7.82. The smallest absolute Gasteiger partial charge is 0.253 e. The van der Waals surface area contributed by atoms with E-state index in [2.05, 4.69) is 19.1 Å². The van der Waals surface area contributed by atoms with Crippen LogP contribution < -0.4 is 4.90 Å². The number of hydrogen-bond donors (Lipinski definition) is 0. The summed E-state index contributed by atoms with van der Waals surface area (Å²) in [6.45, 7) is 3.86. The van der Waals surface area contributed by atoms with Gasteiger partial charge in [0.05, 0.1) is 5.92 Å². The van der Waals surface area contributed by atoms with Gasteiger partial charge in [0.25, 0.3) is 5.91 Å². The molecule has 28 heavy (non-hydrogen) atoms. The summed E-state index contributed by atoms with van der Waals surface area (Å²) < 4.78 is 13.1. The average Bonchev–Trinajstić information content (AvgIpc) is 2.72. The van der Waals surface area contributed by atoms with Crippen molar-refractivity contribution in [2.45, 2.75) is 32.6 Å². The van der Waals surface area contributed by atoms with E-state index in [0.29, 0.717) is 18.7 Å². The van der Waals surface area contributed by atoms with Gasteiger partial charge in [-0.25, -0.2) is 4.39 Å². The maximum Gasteiger partial charge on any atom is 0.253 e. The summed E-state index contributed by atoms with van der Waals surface area (Å²) in [6.07, 6.45) is 3.56. The first kappa shape index (κ1) is 18.7. The van der Waals surface area contributed by atoms with Gasteiger partial charge in [-0.15, -0.1) is 0 Å². The fraction of sp³-hybridized carbons (Fsp3) is 0.391. The lowest BCUT2D eigenvalue weighted by atomic mass is 9.93. The van der Waals surface area contributed by atoms with Crippen LogP contribution in [0, 0.1) is 18.7 Å². The number of likely N-dealkylation sites (tertiary alicyclic amines) is 1. The third-order valence-corrected chi connectivity index (χ3v) is 5.77. The van der Waals surface area contributed by atoms with E-state index in [-0.39, 0.29) is 23.5 Å².